The summed E-state index contributed by atoms with van der Waals surface area (Å²) in [6, 6.07) is 0. The first-order valence-electron chi connectivity index (χ1n) is 5.32. The lowest BCUT2D eigenvalue weighted by Gasteiger charge is -2.21. The van der Waals surface area contributed by atoms with Crippen LogP contribution in [0.1, 0.15) is 13.3 Å². The predicted octanol–water partition coefficient (Wildman–Crippen LogP) is 1.58. The summed E-state index contributed by atoms with van der Waals surface area (Å²) in [5.41, 5.74) is 0.779. The van der Waals surface area contributed by atoms with E-state index >= 15 is 0 Å². The lowest BCUT2D eigenvalue weighted by atomic mass is 10.4. The van der Waals surface area contributed by atoms with Gasteiger partial charge in [0, 0.05) is 31.4 Å². The van der Waals surface area contributed by atoms with Gasteiger partial charge >= 0.3 is 0 Å². The van der Waals surface area contributed by atoms with Crippen LogP contribution in [0.25, 0.3) is 5.65 Å². The normalized spacial score (nSPS) is 10.9. The van der Waals surface area contributed by atoms with Crippen molar-refractivity contribution < 1.29 is 0 Å². The summed E-state index contributed by atoms with van der Waals surface area (Å²) < 4.78 is 1.86. The molecule has 0 amide bonds. The summed E-state index contributed by atoms with van der Waals surface area (Å²) in [5.74, 6) is 1.43. The Kier molecular flexibility index (Phi) is 3.56. The maximum absolute atomic E-state index is 5.79. The summed E-state index contributed by atoms with van der Waals surface area (Å²) in [5, 5.41) is 7.95. The highest BCUT2D eigenvalue weighted by Crippen LogP contribution is 2.16. The van der Waals surface area contributed by atoms with Gasteiger partial charge in [0.25, 0.3) is 0 Å². The van der Waals surface area contributed by atoms with Crippen molar-refractivity contribution in [1.29, 1.82) is 0 Å². The van der Waals surface area contributed by atoms with Gasteiger partial charge < -0.3 is 4.90 Å². The number of nitrogens with zero attached hydrogens (tertiary/aromatic N) is 5. The Hall–Kier alpha value is -1.36. The molecule has 2 rings (SSSR count). The first kappa shape index (κ1) is 11.1. The van der Waals surface area contributed by atoms with Crippen LogP contribution in [0.3, 0.4) is 0 Å². The molecule has 0 unspecified atom stereocenters. The zero-order valence-electron chi connectivity index (χ0n) is 9.17. The topological polar surface area (TPSA) is 46.3 Å². The highest BCUT2D eigenvalue weighted by Gasteiger charge is 2.12. The molecule has 2 aromatic heterocycles. The van der Waals surface area contributed by atoms with Gasteiger partial charge in [-0.05, 0) is 6.42 Å². The van der Waals surface area contributed by atoms with Gasteiger partial charge in [0.1, 0.15) is 6.33 Å². The fourth-order valence-corrected chi connectivity index (χ4v) is 1.87. The minimum Gasteiger partial charge on any atom is -0.352 e. The lowest BCUT2D eigenvalue weighted by molar-refractivity contribution is 0.779. The lowest BCUT2D eigenvalue weighted by Crippen LogP contribution is -2.27. The summed E-state index contributed by atoms with van der Waals surface area (Å²) in [6.07, 6.45) is 6.31. The van der Waals surface area contributed by atoms with E-state index in [1.807, 2.05) is 10.6 Å². The van der Waals surface area contributed by atoms with Gasteiger partial charge in [-0.15, -0.1) is 21.8 Å². The van der Waals surface area contributed by atoms with Crippen molar-refractivity contribution in [2.75, 3.05) is 23.9 Å². The van der Waals surface area contributed by atoms with E-state index in [1.165, 1.54) is 0 Å². The molecule has 0 saturated heterocycles. The number of rotatable bonds is 5. The van der Waals surface area contributed by atoms with Gasteiger partial charge in [-0.2, -0.15) is 0 Å². The third kappa shape index (κ3) is 2.09. The van der Waals surface area contributed by atoms with Gasteiger partial charge in [0.2, 0.25) is 5.65 Å². The molecule has 5 nitrogen and oxygen atoms in total. The minimum atomic E-state index is 0.580. The molecular formula is C10H14ClN5. The largest absolute Gasteiger partial charge is 0.352 e. The number of alkyl halides is 1. The first-order chi connectivity index (χ1) is 7.86. The van der Waals surface area contributed by atoms with Crippen LogP contribution in [0, 0.1) is 0 Å². The molecular weight excluding hydrogens is 226 g/mol. The van der Waals surface area contributed by atoms with E-state index in [9.17, 15) is 0 Å². The van der Waals surface area contributed by atoms with Crippen molar-refractivity contribution in [2.24, 2.45) is 0 Å². The number of hydrogen-bond donors (Lipinski definition) is 0. The van der Waals surface area contributed by atoms with Crippen LogP contribution in [0.4, 0.5) is 5.82 Å². The zero-order valence-corrected chi connectivity index (χ0v) is 9.93. The maximum atomic E-state index is 5.79. The number of aromatic nitrogens is 4. The molecule has 0 radical (unpaired) electrons. The summed E-state index contributed by atoms with van der Waals surface area (Å²) in [7, 11) is 0. The van der Waals surface area contributed by atoms with Crippen molar-refractivity contribution in [3.05, 3.63) is 18.7 Å². The van der Waals surface area contributed by atoms with Crippen LogP contribution < -0.4 is 4.90 Å². The number of hydrogen-bond acceptors (Lipinski definition) is 4. The van der Waals surface area contributed by atoms with Crippen molar-refractivity contribution >= 4 is 23.1 Å². The highest BCUT2D eigenvalue weighted by atomic mass is 35.5. The third-order valence-electron chi connectivity index (χ3n) is 2.34. The second kappa shape index (κ2) is 5.12. The molecule has 0 aliphatic carbocycles. The molecule has 0 fully saturated rings. The molecule has 16 heavy (non-hydrogen) atoms. The molecule has 0 bridgehead atoms. The summed E-state index contributed by atoms with van der Waals surface area (Å²) in [6.45, 7) is 3.83. The SMILES string of the molecule is CCCN(CCCl)c1nccn2cnnc12. The molecule has 0 atom stereocenters. The van der Waals surface area contributed by atoms with E-state index in [1.54, 1.807) is 12.5 Å². The van der Waals surface area contributed by atoms with Crippen LogP contribution in [-0.4, -0.2) is 38.6 Å². The Balaban J connectivity index is 2.38. The monoisotopic (exact) mass is 239 g/mol. The second-order valence-electron chi connectivity index (χ2n) is 3.49. The molecule has 0 aliphatic heterocycles. The van der Waals surface area contributed by atoms with Gasteiger partial charge in [-0.25, -0.2) is 4.98 Å². The smallest absolute Gasteiger partial charge is 0.203 e. The van der Waals surface area contributed by atoms with Gasteiger partial charge in [0.15, 0.2) is 5.82 Å². The van der Waals surface area contributed by atoms with Crippen molar-refractivity contribution in [3.63, 3.8) is 0 Å². The Morgan fingerprint density at radius 3 is 3.06 bits per heavy atom. The fourth-order valence-electron chi connectivity index (χ4n) is 1.66. The second-order valence-corrected chi connectivity index (χ2v) is 3.87. The highest BCUT2D eigenvalue weighted by molar-refractivity contribution is 6.18. The average Bonchev–Trinajstić information content (AvgIpc) is 2.76. The van der Waals surface area contributed by atoms with Gasteiger partial charge in [0.05, 0.1) is 0 Å². The molecule has 0 N–H and O–H groups in total. The number of fused-ring (bicyclic) bond motifs is 1. The first-order valence-corrected chi connectivity index (χ1v) is 5.85. The van der Waals surface area contributed by atoms with Crippen LogP contribution in [-0.2, 0) is 0 Å². The van der Waals surface area contributed by atoms with Crippen LogP contribution in [0.5, 0.6) is 0 Å². The van der Waals surface area contributed by atoms with E-state index < -0.39 is 0 Å². The summed E-state index contributed by atoms with van der Waals surface area (Å²) >= 11 is 5.79. The zero-order chi connectivity index (χ0) is 11.4. The van der Waals surface area contributed by atoms with Gasteiger partial charge in [-0.1, -0.05) is 6.92 Å². The Morgan fingerprint density at radius 2 is 2.31 bits per heavy atom. The van der Waals surface area contributed by atoms with Crippen molar-refractivity contribution in [1.82, 2.24) is 19.6 Å². The Labute approximate surface area is 99.1 Å². The quantitative estimate of drug-likeness (QED) is 0.744. The van der Waals surface area contributed by atoms with E-state index in [0.717, 1.165) is 31.0 Å². The van der Waals surface area contributed by atoms with Crippen molar-refractivity contribution in [2.45, 2.75) is 13.3 Å². The van der Waals surface area contributed by atoms with Gasteiger partial charge in [-0.3, -0.25) is 4.40 Å². The predicted molar refractivity (Wildman–Crippen MR) is 64.0 cm³/mol. The molecule has 86 valence electrons. The molecule has 2 aromatic rings. The number of anilines is 1. The molecule has 2 heterocycles. The van der Waals surface area contributed by atoms with E-state index in [0.29, 0.717) is 5.88 Å². The third-order valence-corrected chi connectivity index (χ3v) is 2.51. The fraction of sp³-hybridized carbons (Fsp3) is 0.500. The maximum Gasteiger partial charge on any atom is 0.203 e. The molecule has 0 saturated carbocycles. The summed E-state index contributed by atoms with van der Waals surface area (Å²) in [4.78, 5) is 6.50. The van der Waals surface area contributed by atoms with Crippen LogP contribution in [0.15, 0.2) is 18.7 Å². The molecule has 0 spiro atoms. The van der Waals surface area contributed by atoms with Crippen molar-refractivity contribution in [3.8, 4) is 0 Å². The minimum absolute atomic E-state index is 0.580. The average molecular weight is 240 g/mol. The standard InChI is InChI=1S/C10H14ClN5/c1-2-5-15(6-3-11)9-10-14-13-8-16(10)7-4-12-9/h4,7-8H,2-3,5-6H2,1H3. The Morgan fingerprint density at radius 1 is 1.44 bits per heavy atom. The molecule has 6 heteroatoms. The van der Waals surface area contributed by atoms with E-state index in [4.69, 9.17) is 11.6 Å². The Bertz CT molecular complexity index is 449. The van der Waals surface area contributed by atoms with Crippen LogP contribution >= 0.6 is 11.6 Å². The molecule has 0 aliphatic rings. The van der Waals surface area contributed by atoms with Crippen LogP contribution in [0.2, 0.25) is 0 Å². The van der Waals surface area contributed by atoms with E-state index in [-0.39, 0.29) is 0 Å². The number of halogens is 1. The van der Waals surface area contributed by atoms with E-state index in [2.05, 4.69) is 27.0 Å². The molecule has 0 aromatic carbocycles.